The number of carbonyl (C=O) groups is 2. The third kappa shape index (κ3) is 6.84. The molecule has 5 rings (SSSR count). The number of nitrogens with zero attached hydrogens (tertiary/aromatic N) is 5. The number of likely N-dealkylation sites (N-methyl/N-ethyl adjacent to an activating group) is 1. The average molecular weight is 598 g/mol. The second-order valence-electron chi connectivity index (χ2n) is 10.9. The molecule has 0 bridgehead atoms. The van der Waals surface area contributed by atoms with Gasteiger partial charge >= 0.3 is 0 Å². The topological polar surface area (TPSA) is 112 Å². The van der Waals surface area contributed by atoms with Gasteiger partial charge in [-0.15, -0.1) is 0 Å². The zero-order valence-corrected chi connectivity index (χ0v) is 25.1. The minimum atomic E-state index is -0.677. The zero-order valence-electron chi connectivity index (χ0n) is 25.1. The molecule has 1 fully saturated rings. The van der Waals surface area contributed by atoms with Crippen LogP contribution in [0.5, 0.6) is 0 Å². The minimum Gasteiger partial charge on any atom is -0.336 e. The van der Waals surface area contributed by atoms with E-state index in [1.54, 1.807) is 55.7 Å². The second kappa shape index (κ2) is 13.6. The van der Waals surface area contributed by atoms with Gasteiger partial charge in [-0.05, 0) is 68.4 Å². The highest BCUT2D eigenvalue weighted by Gasteiger charge is 2.21. The average Bonchev–Trinajstić information content (AvgIpc) is 3.03. The maximum absolute atomic E-state index is 15.8. The molecule has 1 aliphatic heterocycles. The number of carbonyl (C=O) groups excluding carboxylic acids is 2. The van der Waals surface area contributed by atoms with E-state index in [9.17, 15) is 14.4 Å². The number of aromatic nitrogens is 3. The van der Waals surface area contributed by atoms with Gasteiger partial charge in [-0.3, -0.25) is 19.4 Å². The quantitative estimate of drug-likeness (QED) is 0.288. The van der Waals surface area contributed by atoms with E-state index in [1.165, 1.54) is 22.9 Å². The van der Waals surface area contributed by atoms with Gasteiger partial charge in [0.2, 0.25) is 0 Å². The summed E-state index contributed by atoms with van der Waals surface area (Å²) >= 11 is 0. The van der Waals surface area contributed by atoms with Crippen molar-refractivity contribution >= 4 is 29.0 Å². The molecular formula is C33H36FN7O3. The molecule has 0 saturated carbocycles. The molecule has 44 heavy (non-hydrogen) atoms. The van der Waals surface area contributed by atoms with Crippen molar-refractivity contribution in [2.45, 2.75) is 26.2 Å². The Bertz CT molecular complexity index is 1710. The number of amides is 2. The zero-order chi connectivity index (χ0) is 31.2. The van der Waals surface area contributed by atoms with Gasteiger partial charge in [0.15, 0.2) is 11.6 Å². The number of piperazine rings is 1. The predicted octanol–water partition coefficient (Wildman–Crippen LogP) is 4.71. The molecule has 0 atom stereocenters. The summed E-state index contributed by atoms with van der Waals surface area (Å²) in [4.78, 5) is 51.7. The molecule has 4 aromatic rings. The molecule has 10 nitrogen and oxygen atoms in total. The lowest BCUT2D eigenvalue weighted by Gasteiger charge is -2.32. The van der Waals surface area contributed by atoms with E-state index in [1.807, 2.05) is 11.9 Å². The lowest BCUT2D eigenvalue weighted by molar-refractivity contribution is 0.0664. The molecule has 0 radical (unpaired) electrons. The number of halogens is 1. The normalized spacial score (nSPS) is 13.5. The van der Waals surface area contributed by atoms with Crippen molar-refractivity contribution in [1.29, 1.82) is 0 Å². The highest BCUT2D eigenvalue weighted by Crippen LogP contribution is 2.28. The number of benzene rings is 2. The lowest BCUT2D eigenvalue weighted by Crippen LogP contribution is -2.47. The van der Waals surface area contributed by atoms with Gasteiger partial charge in [0.1, 0.15) is 0 Å². The van der Waals surface area contributed by atoms with Crippen LogP contribution in [0.2, 0.25) is 0 Å². The fourth-order valence-corrected chi connectivity index (χ4v) is 5.05. The van der Waals surface area contributed by atoms with Crippen molar-refractivity contribution in [3.8, 4) is 11.3 Å². The number of aryl methyl sites for hydroxylation is 2. The van der Waals surface area contributed by atoms with E-state index in [0.29, 0.717) is 42.0 Å². The van der Waals surface area contributed by atoms with Gasteiger partial charge in [-0.2, -0.15) is 0 Å². The van der Waals surface area contributed by atoms with Crippen molar-refractivity contribution < 1.29 is 14.0 Å². The van der Waals surface area contributed by atoms with Gasteiger partial charge in [-0.25, -0.2) is 9.37 Å². The van der Waals surface area contributed by atoms with Crippen LogP contribution in [0.1, 0.15) is 46.2 Å². The van der Waals surface area contributed by atoms with E-state index in [2.05, 4.69) is 32.4 Å². The lowest BCUT2D eigenvalue weighted by atomic mass is 10.1. The standard InChI is InChI=1S/C33H36FN7O3/c1-4-5-10-26-25(9-7-16-35-26)31(42)38-27-11-6-8-24(29(27)34)28-21-40(3)33(44)30(37-28)36-23-14-12-22(13-15-23)32(43)41-19-17-39(2)18-20-41/h6-9,11-16,21H,4-5,10,17-20H2,1-3H3,(H,36,37)(H,38,42). The first-order valence-corrected chi connectivity index (χ1v) is 14.7. The van der Waals surface area contributed by atoms with Crippen LogP contribution >= 0.6 is 0 Å². The minimum absolute atomic E-state index is 0.00657. The van der Waals surface area contributed by atoms with Crippen LogP contribution in [-0.4, -0.2) is 69.4 Å². The van der Waals surface area contributed by atoms with Gasteiger partial charge < -0.3 is 25.0 Å². The third-order valence-corrected chi connectivity index (χ3v) is 7.68. The molecule has 0 spiro atoms. The second-order valence-corrected chi connectivity index (χ2v) is 10.9. The van der Waals surface area contributed by atoms with Crippen molar-refractivity contribution in [3.63, 3.8) is 0 Å². The molecule has 1 aliphatic rings. The maximum atomic E-state index is 15.8. The van der Waals surface area contributed by atoms with Crippen molar-refractivity contribution in [1.82, 2.24) is 24.3 Å². The number of pyridine rings is 1. The van der Waals surface area contributed by atoms with E-state index < -0.39 is 17.3 Å². The molecule has 0 aliphatic carbocycles. The molecule has 2 aromatic heterocycles. The molecule has 3 heterocycles. The Hall–Kier alpha value is -4.90. The number of anilines is 3. The summed E-state index contributed by atoms with van der Waals surface area (Å²) < 4.78 is 17.1. The number of hydrogen-bond acceptors (Lipinski definition) is 7. The monoisotopic (exact) mass is 597 g/mol. The van der Waals surface area contributed by atoms with E-state index >= 15 is 4.39 Å². The van der Waals surface area contributed by atoms with Crippen LogP contribution in [0.3, 0.4) is 0 Å². The smallest absolute Gasteiger partial charge is 0.293 e. The largest absolute Gasteiger partial charge is 0.336 e. The third-order valence-electron chi connectivity index (χ3n) is 7.68. The van der Waals surface area contributed by atoms with Gasteiger partial charge in [0.25, 0.3) is 17.4 Å². The summed E-state index contributed by atoms with van der Waals surface area (Å²) in [6.07, 6.45) is 5.58. The van der Waals surface area contributed by atoms with Crippen LogP contribution in [0.15, 0.2) is 71.8 Å². The Morgan fingerprint density at radius 1 is 0.977 bits per heavy atom. The molecule has 0 unspecified atom stereocenters. The summed E-state index contributed by atoms with van der Waals surface area (Å²) in [5, 5.41) is 5.69. The summed E-state index contributed by atoms with van der Waals surface area (Å²) in [5.41, 5.74) is 2.07. The van der Waals surface area contributed by atoms with Crippen molar-refractivity contribution in [3.05, 3.63) is 100.0 Å². The van der Waals surface area contributed by atoms with Crippen molar-refractivity contribution in [2.75, 3.05) is 43.9 Å². The molecule has 11 heteroatoms. The summed E-state index contributed by atoms with van der Waals surface area (Å²) in [7, 11) is 3.59. The van der Waals surface area contributed by atoms with Crippen LogP contribution in [-0.2, 0) is 13.5 Å². The van der Waals surface area contributed by atoms with E-state index in [-0.39, 0.29) is 28.7 Å². The number of hydrogen-bond donors (Lipinski definition) is 2. The Morgan fingerprint density at radius 2 is 1.73 bits per heavy atom. The van der Waals surface area contributed by atoms with E-state index in [0.717, 1.165) is 25.9 Å². The van der Waals surface area contributed by atoms with Crippen molar-refractivity contribution in [2.24, 2.45) is 7.05 Å². The predicted molar refractivity (Wildman–Crippen MR) is 169 cm³/mol. The highest BCUT2D eigenvalue weighted by atomic mass is 19.1. The Kier molecular flexibility index (Phi) is 9.44. The first-order chi connectivity index (χ1) is 21.2. The Labute approximate surface area is 255 Å². The van der Waals surface area contributed by atoms with Gasteiger partial charge in [0, 0.05) is 62.4 Å². The SMILES string of the molecule is CCCCc1ncccc1C(=O)Nc1cccc(-c2cn(C)c(=O)c(Nc3ccc(C(=O)N4CCN(C)CC4)cc3)n2)c1F. The first kappa shape index (κ1) is 30.6. The van der Waals surface area contributed by atoms with Gasteiger partial charge in [-0.1, -0.05) is 19.4 Å². The summed E-state index contributed by atoms with van der Waals surface area (Å²) in [5.74, 6) is -1.17. The fourth-order valence-electron chi connectivity index (χ4n) is 5.05. The van der Waals surface area contributed by atoms with Crippen LogP contribution in [0, 0.1) is 5.82 Å². The fraction of sp³-hybridized carbons (Fsp3) is 0.303. The summed E-state index contributed by atoms with van der Waals surface area (Å²) in [6.45, 7) is 5.07. The molecule has 228 valence electrons. The van der Waals surface area contributed by atoms with Crippen LogP contribution in [0.25, 0.3) is 11.3 Å². The molecule has 2 N–H and O–H groups in total. The first-order valence-electron chi connectivity index (χ1n) is 14.7. The maximum Gasteiger partial charge on any atom is 0.293 e. The van der Waals surface area contributed by atoms with Gasteiger partial charge in [0.05, 0.1) is 22.6 Å². The Balaban J connectivity index is 1.36. The molecule has 1 saturated heterocycles. The number of rotatable bonds is 9. The Morgan fingerprint density at radius 3 is 2.45 bits per heavy atom. The summed E-state index contributed by atoms with van der Waals surface area (Å²) in [6, 6.07) is 14.8. The van der Waals surface area contributed by atoms with Crippen LogP contribution < -0.4 is 16.2 Å². The molecule has 2 aromatic carbocycles. The highest BCUT2D eigenvalue weighted by molar-refractivity contribution is 6.05. The van der Waals surface area contributed by atoms with Crippen LogP contribution in [0.4, 0.5) is 21.6 Å². The van der Waals surface area contributed by atoms with E-state index in [4.69, 9.17) is 0 Å². The number of nitrogens with one attached hydrogen (secondary N) is 2. The molecular weight excluding hydrogens is 561 g/mol. The molecule has 2 amide bonds. The number of unbranched alkanes of at least 4 members (excludes halogenated alkanes) is 1.